The second-order valence-electron chi connectivity index (χ2n) is 9.33. The van der Waals surface area contributed by atoms with Crippen LogP contribution in [-0.4, -0.2) is 4.57 Å². The Balaban J connectivity index is 1.55. The third-order valence-electron chi connectivity index (χ3n) is 7.39. The van der Waals surface area contributed by atoms with E-state index in [9.17, 15) is 0 Å². The van der Waals surface area contributed by atoms with E-state index in [4.69, 9.17) is 0 Å². The van der Waals surface area contributed by atoms with Gasteiger partial charge in [0.1, 0.15) is 0 Å². The molecule has 6 aromatic carbocycles. The molecule has 2 heterocycles. The van der Waals surface area contributed by atoms with Crippen molar-refractivity contribution in [3.8, 4) is 16.8 Å². The lowest BCUT2D eigenvalue weighted by atomic mass is 9.97. The summed E-state index contributed by atoms with van der Waals surface area (Å²) in [5.74, 6) is 0. The summed E-state index contributed by atoms with van der Waals surface area (Å²) in [4.78, 5) is 0. The van der Waals surface area contributed by atoms with Crippen LogP contribution in [-0.2, 0) is 0 Å². The highest BCUT2D eigenvalue weighted by Crippen LogP contribution is 2.46. The lowest BCUT2D eigenvalue weighted by Gasteiger charge is -2.09. The second kappa shape index (κ2) is 7.55. The number of fused-ring (bicyclic) bond motifs is 8. The van der Waals surface area contributed by atoms with E-state index in [2.05, 4.69) is 132 Å². The third kappa shape index (κ3) is 2.71. The van der Waals surface area contributed by atoms with E-state index in [0.29, 0.717) is 0 Å². The largest absolute Gasteiger partial charge is 0.309 e. The van der Waals surface area contributed by atoms with Crippen LogP contribution in [0, 0.1) is 0 Å². The van der Waals surface area contributed by atoms with Gasteiger partial charge in [0, 0.05) is 42.2 Å². The molecule has 2 aromatic heterocycles. The van der Waals surface area contributed by atoms with Crippen molar-refractivity contribution in [1.82, 2.24) is 4.57 Å². The number of hydrogen-bond donors (Lipinski definition) is 0. The predicted molar refractivity (Wildman–Crippen MR) is 157 cm³/mol. The van der Waals surface area contributed by atoms with Gasteiger partial charge in [-0.15, -0.1) is 11.3 Å². The molecule has 8 aromatic rings. The van der Waals surface area contributed by atoms with Crippen LogP contribution in [0.5, 0.6) is 0 Å². The maximum atomic E-state index is 2.45. The van der Waals surface area contributed by atoms with E-state index in [1.54, 1.807) is 0 Å². The van der Waals surface area contributed by atoms with E-state index >= 15 is 0 Å². The van der Waals surface area contributed by atoms with Gasteiger partial charge in [-0.05, 0) is 40.6 Å². The number of thiophene rings is 1. The van der Waals surface area contributed by atoms with E-state index in [1.165, 1.54) is 69.6 Å². The molecule has 0 radical (unpaired) electrons. The number of aromatic nitrogens is 1. The van der Waals surface area contributed by atoms with Gasteiger partial charge in [-0.1, -0.05) is 103 Å². The number of benzene rings is 6. The van der Waals surface area contributed by atoms with Gasteiger partial charge in [0.05, 0.1) is 11.0 Å². The minimum absolute atomic E-state index is 1.20. The first-order valence-electron chi connectivity index (χ1n) is 12.3. The molecule has 0 aliphatic heterocycles. The molecule has 168 valence electrons. The standard InChI is InChI=1S/C34H21NS/c1-2-12-23(13-3-1)35-30-19-7-6-15-26(30)27-20-21-31-32(33(27)35)29-18-9-17-28(34(29)36-31)25-16-8-11-22-10-4-5-14-24(22)25/h1-21H. The summed E-state index contributed by atoms with van der Waals surface area (Å²) in [6.45, 7) is 0. The molecule has 0 aliphatic rings. The Kier molecular flexibility index (Phi) is 4.16. The van der Waals surface area contributed by atoms with Crippen molar-refractivity contribution in [3.63, 3.8) is 0 Å². The van der Waals surface area contributed by atoms with E-state index < -0.39 is 0 Å². The van der Waals surface area contributed by atoms with Crippen molar-refractivity contribution < 1.29 is 0 Å². The lowest BCUT2D eigenvalue weighted by molar-refractivity contribution is 1.19. The van der Waals surface area contributed by atoms with Crippen LogP contribution in [0.4, 0.5) is 0 Å². The molecule has 0 saturated carbocycles. The molecule has 0 unspecified atom stereocenters. The smallest absolute Gasteiger partial charge is 0.0634 e. The van der Waals surface area contributed by atoms with Crippen LogP contribution < -0.4 is 0 Å². The first-order chi connectivity index (χ1) is 17.9. The van der Waals surface area contributed by atoms with Crippen molar-refractivity contribution in [1.29, 1.82) is 0 Å². The molecule has 0 N–H and O–H groups in total. The van der Waals surface area contributed by atoms with E-state index in [1.807, 2.05) is 11.3 Å². The van der Waals surface area contributed by atoms with Gasteiger partial charge < -0.3 is 4.57 Å². The van der Waals surface area contributed by atoms with Gasteiger partial charge in [0.2, 0.25) is 0 Å². The molecule has 2 heteroatoms. The van der Waals surface area contributed by atoms with Crippen LogP contribution in [0.15, 0.2) is 127 Å². The summed E-state index contributed by atoms with van der Waals surface area (Å²) >= 11 is 1.91. The zero-order valence-electron chi connectivity index (χ0n) is 19.5. The minimum Gasteiger partial charge on any atom is -0.309 e. The Hall–Kier alpha value is -4.40. The van der Waals surface area contributed by atoms with Crippen LogP contribution in [0.1, 0.15) is 0 Å². The number of rotatable bonds is 2. The zero-order chi connectivity index (χ0) is 23.6. The number of nitrogens with zero attached hydrogens (tertiary/aromatic N) is 1. The van der Waals surface area contributed by atoms with Gasteiger partial charge in [-0.2, -0.15) is 0 Å². The molecule has 0 bridgehead atoms. The maximum absolute atomic E-state index is 2.45. The average Bonchev–Trinajstić information content (AvgIpc) is 3.49. The van der Waals surface area contributed by atoms with Crippen molar-refractivity contribution in [2.24, 2.45) is 0 Å². The summed E-state index contributed by atoms with van der Waals surface area (Å²) in [7, 11) is 0. The predicted octanol–water partition coefficient (Wildman–Crippen LogP) is 9.97. The van der Waals surface area contributed by atoms with Gasteiger partial charge in [0.25, 0.3) is 0 Å². The van der Waals surface area contributed by atoms with Crippen molar-refractivity contribution in [2.75, 3.05) is 0 Å². The molecule has 0 atom stereocenters. The highest BCUT2D eigenvalue weighted by atomic mass is 32.1. The quantitative estimate of drug-likeness (QED) is 0.234. The van der Waals surface area contributed by atoms with E-state index in [0.717, 1.165) is 0 Å². The molecule has 8 rings (SSSR count). The minimum atomic E-state index is 1.20. The molecular weight excluding hydrogens is 454 g/mol. The molecule has 0 aliphatic carbocycles. The fourth-order valence-corrected chi connectivity index (χ4v) is 7.09. The molecule has 36 heavy (non-hydrogen) atoms. The highest BCUT2D eigenvalue weighted by Gasteiger charge is 2.19. The van der Waals surface area contributed by atoms with Gasteiger partial charge in [-0.3, -0.25) is 0 Å². The lowest BCUT2D eigenvalue weighted by Crippen LogP contribution is -1.93. The third-order valence-corrected chi connectivity index (χ3v) is 8.59. The topological polar surface area (TPSA) is 4.93 Å². The van der Waals surface area contributed by atoms with Crippen LogP contribution in [0.2, 0.25) is 0 Å². The Morgan fingerprint density at radius 1 is 0.472 bits per heavy atom. The maximum Gasteiger partial charge on any atom is 0.0634 e. The molecule has 0 amide bonds. The zero-order valence-corrected chi connectivity index (χ0v) is 20.3. The van der Waals surface area contributed by atoms with Crippen LogP contribution >= 0.6 is 11.3 Å². The fraction of sp³-hybridized carbons (Fsp3) is 0. The monoisotopic (exact) mass is 475 g/mol. The Morgan fingerprint density at radius 3 is 2.08 bits per heavy atom. The summed E-state index contributed by atoms with van der Waals surface area (Å²) in [5, 5.41) is 7.84. The summed E-state index contributed by atoms with van der Waals surface area (Å²) in [5.41, 5.74) is 6.34. The van der Waals surface area contributed by atoms with Crippen molar-refractivity contribution in [2.45, 2.75) is 0 Å². The Bertz CT molecular complexity index is 2090. The number of hydrogen-bond acceptors (Lipinski definition) is 1. The van der Waals surface area contributed by atoms with Gasteiger partial charge in [0.15, 0.2) is 0 Å². The highest BCUT2D eigenvalue weighted by molar-refractivity contribution is 7.26. The van der Waals surface area contributed by atoms with Gasteiger partial charge in [-0.25, -0.2) is 0 Å². The first kappa shape index (κ1) is 19.9. The van der Waals surface area contributed by atoms with Crippen molar-refractivity contribution >= 4 is 64.1 Å². The van der Waals surface area contributed by atoms with Crippen molar-refractivity contribution in [3.05, 3.63) is 127 Å². The van der Waals surface area contributed by atoms with Gasteiger partial charge >= 0.3 is 0 Å². The normalized spacial score (nSPS) is 11.9. The first-order valence-corrected chi connectivity index (χ1v) is 13.1. The fourth-order valence-electron chi connectivity index (χ4n) is 5.86. The van der Waals surface area contributed by atoms with E-state index in [-0.39, 0.29) is 0 Å². The molecule has 0 fully saturated rings. The van der Waals surface area contributed by atoms with Crippen LogP contribution in [0.25, 0.3) is 69.6 Å². The summed E-state index contributed by atoms with van der Waals surface area (Å²) < 4.78 is 5.12. The summed E-state index contributed by atoms with van der Waals surface area (Å²) in [6, 6.07) is 46.3. The van der Waals surface area contributed by atoms with Crippen LogP contribution in [0.3, 0.4) is 0 Å². The number of para-hydroxylation sites is 2. The molecule has 1 nitrogen and oxygen atoms in total. The Labute approximate surface area is 212 Å². The molecule has 0 spiro atoms. The SMILES string of the molecule is c1ccc(-n2c3ccccc3c3ccc4sc5c(-c6cccc7ccccc67)cccc5c4c32)cc1. The summed E-state index contributed by atoms with van der Waals surface area (Å²) in [6.07, 6.45) is 0. The Morgan fingerprint density at radius 2 is 1.17 bits per heavy atom. The molecule has 0 saturated heterocycles. The molecular formula is C34H21NS. The second-order valence-corrected chi connectivity index (χ2v) is 10.4. The average molecular weight is 476 g/mol.